The van der Waals surface area contributed by atoms with Gasteiger partial charge in [-0.2, -0.15) is 0 Å². The molecule has 0 radical (unpaired) electrons. The number of fused-ring (bicyclic) bond motifs is 2. The van der Waals surface area contributed by atoms with Gasteiger partial charge in [-0.1, -0.05) is 6.07 Å². The first kappa shape index (κ1) is 15.1. The van der Waals surface area contributed by atoms with Gasteiger partial charge >= 0.3 is 0 Å². The van der Waals surface area contributed by atoms with Crippen LogP contribution in [0.2, 0.25) is 0 Å². The number of aromatic nitrogens is 1. The summed E-state index contributed by atoms with van der Waals surface area (Å²) in [7, 11) is -3.81. The Morgan fingerprint density at radius 3 is 2.58 bits per heavy atom. The maximum absolute atomic E-state index is 13.4. The zero-order valence-corrected chi connectivity index (χ0v) is 13.4. The summed E-state index contributed by atoms with van der Waals surface area (Å²) >= 11 is 0. The minimum Gasteiger partial charge on any atom is -0.359 e. The summed E-state index contributed by atoms with van der Waals surface area (Å²) in [6, 6.07) is 7.06. The van der Waals surface area contributed by atoms with Crippen LogP contribution in [0, 0.1) is 11.6 Å². The molecule has 1 heterocycles. The fourth-order valence-electron chi connectivity index (χ4n) is 3.12. The second kappa shape index (κ2) is 5.31. The number of hydrogen-bond donors (Lipinski definition) is 2. The topological polar surface area (TPSA) is 62.0 Å². The lowest BCUT2D eigenvalue weighted by molar-refractivity contribution is 0.511. The Morgan fingerprint density at radius 2 is 1.75 bits per heavy atom. The van der Waals surface area contributed by atoms with Crippen LogP contribution < -0.4 is 4.72 Å². The van der Waals surface area contributed by atoms with E-state index in [2.05, 4.69) is 9.71 Å². The van der Waals surface area contributed by atoms with Gasteiger partial charge in [-0.3, -0.25) is 4.72 Å². The fourth-order valence-corrected chi connectivity index (χ4v) is 4.24. The summed E-state index contributed by atoms with van der Waals surface area (Å²) in [6.45, 7) is 0. The van der Waals surface area contributed by atoms with E-state index in [-0.39, 0.29) is 16.0 Å². The molecular weight excluding hydrogens is 334 g/mol. The second-order valence-corrected chi connectivity index (χ2v) is 7.59. The summed E-state index contributed by atoms with van der Waals surface area (Å²) in [5.41, 5.74) is 2.73. The van der Waals surface area contributed by atoms with Crippen LogP contribution in [0.4, 0.5) is 14.5 Å². The Kier molecular flexibility index (Phi) is 3.35. The van der Waals surface area contributed by atoms with Gasteiger partial charge in [0.1, 0.15) is 0 Å². The summed E-state index contributed by atoms with van der Waals surface area (Å²) in [5.74, 6) is -2.02. The van der Waals surface area contributed by atoms with Crippen LogP contribution in [-0.2, 0) is 22.9 Å². The van der Waals surface area contributed by atoms with Crippen molar-refractivity contribution in [2.75, 3.05) is 4.72 Å². The normalized spacial score (nSPS) is 14.1. The summed E-state index contributed by atoms with van der Waals surface area (Å²) in [4.78, 5) is 2.91. The number of aromatic amines is 1. The number of benzene rings is 2. The largest absolute Gasteiger partial charge is 0.359 e. The highest BCUT2D eigenvalue weighted by Gasteiger charge is 2.20. The molecule has 1 aromatic heterocycles. The molecule has 0 fully saturated rings. The molecule has 1 aliphatic rings. The SMILES string of the molecule is O=S(=O)(Nc1c[nH]c2cc(F)c(F)cc12)c1ccc2c(c1)CCC2. The van der Waals surface area contributed by atoms with E-state index in [9.17, 15) is 17.2 Å². The number of H-pyrrole nitrogens is 1. The molecule has 0 saturated carbocycles. The minimum absolute atomic E-state index is 0.167. The lowest BCUT2D eigenvalue weighted by atomic mass is 10.1. The average Bonchev–Trinajstić information content (AvgIpc) is 3.15. The molecule has 0 bridgehead atoms. The van der Waals surface area contributed by atoms with E-state index in [1.54, 1.807) is 12.1 Å². The molecule has 4 rings (SSSR count). The lowest BCUT2D eigenvalue weighted by Crippen LogP contribution is -2.13. The molecule has 4 nitrogen and oxygen atoms in total. The zero-order chi connectivity index (χ0) is 16.9. The van der Waals surface area contributed by atoms with Gasteiger partial charge in [-0.15, -0.1) is 0 Å². The van der Waals surface area contributed by atoms with Crippen molar-refractivity contribution in [3.63, 3.8) is 0 Å². The minimum atomic E-state index is -3.81. The second-order valence-electron chi connectivity index (χ2n) is 5.90. The predicted octanol–water partition coefficient (Wildman–Crippen LogP) is 3.74. The molecule has 0 atom stereocenters. The van der Waals surface area contributed by atoms with Gasteiger partial charge in [0.15, 0.2) is 11.6 Å². The fraction of sp³-hybridized carbons (Fsp3) is 0.176. The Bertz CT molecular complexity index is 1060. The van der Waals surface area contributed by atoms with Gasteiger partial charge in [0, 0.05) is 17.6 Å². The van der Waals surface area contributed by atoms with Gasteiger partial charge in [0.05, 0.1) is 16.1 Å². The van der Waals surface area contributed by atoms with E-state index in [0.717, 1.165) is 37.0 Å². The molecule has 0 amide bonds. The third-order valence-corrected chi connectivity index (χ3v) is 5.71. The lowest BCUT2D eigenvalue weighted by Gasteiger charge is -2.09. The van der Waals surface area contributed by atoms with E-state index in [4.69, 9.17) is 0 Å². The Morgan fingerprint density at radius 1 is 1.00 bits per heavy atom. The quantitative estimate of drug-likeness (QED) is 0.757. The number of anilines is 1. The Labute approximate surface area is 137 Å². The third-order valence-electron chi connectivity index (χ3n) is 4.35. The van der Waals surface area contributed by atoms with Crippen LogP contribution in [0.25, 0.3) is 10.9 Å². The number of rotatable bonds is 3. The van der Waals surface area contributed by atoms with Crippen LogP contribution in [0.1, 0.15) is 17.5 Å². The molecule has 0 saturated heterocycles. The van der Waals surface area contributed by atoms with Gasteiger partial charge < -0.3 is 4.98 Å². The highest BCUT2D eigenvalue weighted by Crippen LogP contribution is 2.29. The number of nitrogens with one attached hydrogen (secondary N) is 2. The zero-order valence-electron chi connectivity index (χ0n) is 12.6. The van der Waals surface area contributed by atoms with Gasteiger partial charge in [-0.05, 0) is 48.6 Å². The van der Waals surface area contributed by atoms with Crippen molar-refractivity contribution in [2.45, 2.75) is 24.2 Å². The van der Waals surface area contributed by atoms with Gasteiger partial charge in [0.2, 0.25) is 0 Å². The molecular formula is C17H14F2N2O2S. The molecule has 24 heavy (non-hydrogen) atoms. The van der Waals surface area contributed by atoms with E-state index in [1.165, 1.54) is 11.8 Å². The predicted molar refractivity (Wildman–Crippen MR) is 87.5 cm³/mol. The molecule has 3 aromatic rings. The monoisotopic (exact) mass is 348 g/mol. The molecule has 124 valence electrons. The van der Waals surface area contributed by atoms with Crippen molar-refractivity contribution in [3.05, 3.63) is 59.3 Å². The van der Waals surface area contributed by atoms with Gasteiger partial charge in [0.25, 0.3) is 10.0 Å². The summed E-state index contributed by atoms with van der Waals surface area (Å²) in [6.07, 6.45) is 4.25. The van der Waals surface area contributed by atoms with Crippen LogP contribution in [0.3, 0.4) is 0 Å². The number of aryl methyl sites for hydroxylation is 2. The highest BCUT2D eigenvalue weighted by atomic mass is 32.2. The van der Waals surface area contributed by atoms with E-state index in [0.29, 0.717) is 5.52 Å². The first-order chi connectivity index (χ1) is 11.4. The van der Waals surface area contributed by atoms with E-state index < -0.39 is 21.7 Å². The summed E-state index contributed by atoms with van der Waals surface area (Å²) < 4.78 is 54.4. The molecule has 0 spiro atoms. The average molecular weight is 348 g/mol. The molecule has 1 aliphatic carbocycles. The molecule has 0 aliphatic heterocycles. The van der Waals surface area contributed by atoms with E-state index >= 15 is 0 Å². The third kappa shape index (κ3) is 2.45. The van der Waals surface area contributed by atoms with Crippen molar-refractivity contribution in [3.8, 4) is 0 Å². The highest BCUT2D eigenvalue weighted by molar-refractivity contribution is 7.92. The van der Waals surface area contributed by atoms with Crippen molar-refractivity contribution < 1.29 is 17.2 Å². The maximum Gasteiger partial charge on any atom is 0.261 e. The van der Waals surface area contributed by atoms with Crippen LogP contribution >= 0.6 is 0 Å². The van der Waals surface area contributed by atoms with Crippen molar-refractivity contribution in [1.82, 2.24) is 4.98 Å². The number of hydrogen-bond acceptors (Lipinski definition) is 2. The smallest absolute Gasteiger partial charge is 0.261 e. The number of sulfonamides is 1. The van der Waals surface area contributed by atoms with Crippen molar-refractivity contribution in [2.24, 2.45) is 0 Å². The van der Waals surface area contributed by atoms with Gasteiger partial charge in [-0.25, -0.2) is 17.2 Å². The Hall–Kier alpha value is -2.41. The van der Waals surface area contributed by atoms with Crippen molar-refractivity contribution >= 4 is 26.6 Å². The molecule has 2 N–H and O–H groups in total. The van der Waals surface area contributed by atoms with Crippen molar-refractivity contribution in [1.29, 1.82) is 0 Å². The first-order valence-electron chi connectivity index (χ1n) is 7.55. The summed E-state index contributed by atoms with van der Waals surface area (Å²) in [5, 5.41) is 0.277. The maximum atomic E-state index is 13.4. The molecule has 2 aromatic carbocycles. The molecule has 7 heteroatoms. The van der Waals surface area contributed by atoms with Crippen LogP contribution in [-0.4, -0.2) is 13.4 Å². The first-order valence-corrected chi connectivity index (χ1v) is 9.03. The van der Waals surface area contributed by atoms with E-state index in [1.807, 2.05) is 6.07 Å². The number of halogens is 2. The van der Waals surface area contributed by atoms with Crippen LogP contribution in [0.5, 0.6) is 0 Å². The standard InChI is InChI=1S/C17H14F2N2O2S/c18-14-7-13-16(8-15(14)19)20-9-17(13)21-24(22,23)12-5-4-10-2-1-3-11(10)6-12/h4-9,20-21H,1-3H2. The van der Waals surface area contributed by atoms with Crippen LogP contribution in [0.15, 0.2) is 41.4 Å². The Balaban J connectivity index is 1.73. The molecule has 0 unspecified atom stereocenters.